The van der Waals surface area contributed by atoms with Gasteiger partial charge in [0.05, 0.1) is 23.7 Å². The van der Waals surface area contributed by atoms with Gasteiger partial charge in [-0.25, -0.2) is 0 Å². The van der Waals surface area contributed by atoms with E-state index in [4.69, 9.17) is 10.5 Å². The summed E-state index contributed by atoms with van der Waals surface area (Å²) in [5, 5.41) is 3.33. The highest BCUT2D eigenvalue weighted by Crippen LogP contribution is 2.37. The molecule has 0 aliphatic heterocycles. The molecule has 0 radical (unpaired) electrons. The van der Waals surface area contributed by atoms with Gasteiger partial charge < -0.3 is 15.8 Å². The lowest BCUT2D eigenvalue weighted by Crippen LogP contribution is -2.02. The maximum atomic E-state index is 6.15. The molecule has 3 nitrogen and oxygen atoms in total. The minimum absolute atomic E-state index is 0.614. The lowest BCUT2D eigenvalue weighted by molar-refractivity contribution is 0.319. The van der Waals surface area contributed by atoms with E-state index in [9.17, 15) is 0 Å². The summed E-state index contributed by atoms with van der Waals surface area (Å²) in [6.07, 6.45) is 0.951. The standard InChI is InChI=1S/C15H16Br2N2O/c1-2-9-20-13-8-4-7-12(14(13)18)19-15-10(16)5-3-6-11(15)17/h3-8,19H,2,9,18H2,1H3. The second-order valence-corrected chi connectivity index (χ2v) is 6.00. The number of para-hydroxylation sites is 2. The SMILES string of the molecule is CCCOc1cccc(Nc2c(Br)cccc2Br)c1N. The molecule has 0 spiro atoms. The van der Waals surface area contributed by atoms with Crippen LogP contribution in [0.25, 0.3) is 0 Å². The van der Waals surface area contributed by atoms with Crippen molar-refractivity contribution in [3.05, 3.63) is 45.3 Å². The van der Waals surface area contributed by atoms with Crippen LogP contribution in [0.15, 0.2) is 45.3 Å². The molecule has 3 N–H and O–H groups in total. The molecule has 0 aliphatic rings. The van der Waals surface area contributed by atoms with Gasteiger partial charge in [-0.2, -0.15) is 0 Å². The van der Waals surface area contributed by atoms with Gasteiger partial charge in [0.25, 0.3) is 0 Å². The predicted molar refractivity (Wildman–Crippen MR) is 91.8 cm³/mol. The predicted octanol–water partition coefficient (Wildman–Crippen LogP) is 5.33. The molecule has 0 atom stereocenters. The second-order valence-electron chi connectivity index (χ2n) is 4.29. The Labute approximate surface area is 135 Å². The Kier molecular flexibility index (Phi) is 5.31. The summed E-state index contributed by atoms with van der Waals surface area (Å²) in [6.45, 7) is 2.73. The van der Waals surface area contributed by atoms with Gasteiger partial charge >= 0.3 is 0 Å². The number of nitrogen functional groups attached to an aromatic ring is 1. The molecule has 2 aromatic rings. The van der Waals surface area contributed by atoms with Gasteiger partial charge in [0.2, 0.25) is 0 Å². The number of ether oxygens (including phenoxy) is 1. The number of nitrogens with one attached hydrogen (secondary N) is 1. The van der Waals surface area contributed by atoms with Crippen molar-refractivity contribution in [3.63, 3.8) is 0 Å². The number of nitrogens with two attached hydrogens (primary N) is 1. The van der Waals surface area contributed by atoms with Crippen LogP contribution in [-0.2, 0) is 0 Å². The van der Waals surface area contributed by atoms with Crippen molar-refractivity contribution in [2.75, 3.05) is 17.7 Å². The number of halogens is 2. The summed E-state index contributed by atoms with van der Waals surface area (Å²) in [5.41, 5.74) is 8.53. The van der Waals surface area contributed by atoms with Crippen LogP contribution in [0.3, 0.4) is 0 Å². The average molecular weight is 400 g/mol. The molecule has 0 fully saturated rings. The van der Waals surface area contributed by atoms with E-state index in [0.717, 1.165) is 26.7 Å². The van der Waals surface area contributed by atoms with E-state index >= 15 is 0 Å². The van der Waals surface area contributed by atoms with E-state index in [1.54, 1.807) is 0 Å². The Morgan fingerprint density at radius 2 is 1.75 bits per heavy atom. The van der Waals surface area contributed by atoms with Gasteiger partial charge in [-0.1, -0.05) is 19.1 Å². The average Bonchev–Trinajstić information content (AvgIpc) is 2.43. The Hall–Kier alpha value is -1.20. The first-order valence-electron chi connectivity index (χ1n) is 6.35. The van der Waals surface area contributed by atoms with Crippen LogP contribution in [-0.4, -0.2) is 6.61 Å². The Morgan fingerprint density at radius 3 is 2.40 bits per heavy atom. The van der Waals surface area contributed by atoms with Crippen molar-refractivity contribution in [1.82, 2.24) is 0 Å². The Balaban J connectivity index is 2.30. The van der Waals surface area contributed by atoms with Gasteiger partial charge in [0, 0.05) is 8.95 Å². The van der Waals surface area contributed by atoms with Crippen molar-refractivity contribution in [2.24, 2.45) is 0 Å². The van der Waals surface area contributed by atoms with Crippen LogP contribution in [0.5, 0.6) is 5.75 Å². The molecule has 5 heteroatoms. The molecule has 0 aliphatic carbocycles. The highest BCUT2D eigenvalue weighted by Gasteiger charge is 2.09. The Morgan fingerprint density at radius 1 is 1.10 bits per heavy atom. The third kappa shape index (κ3) is 3.46. The van der Waals surface area contributed by atoms with E-state index in [-0.39, 0.29) is 0 Å². The van der Waals surface area contributed by atoms with Gasteiger partial charge in [0.1, 0.15) is 5.75 Å². The molecule has 0 amide bonds. The molecule has 2 aromatic carbocycles. The molecule has 0 saturated heterocycles. The van der Waals surface area contributed by atoms with Gasteiger partial charge in [-0.05, 0) is 62.5 Å². The highest BCUT2D eigenvalue weighted by atomic mass is 79.9. The maximum absolute atomic E-state index is 6.15. The van der Waals surface area contributed by atoms with Gasteiger partial charge in [0.15, 0.2) is 0 Å². The quantitative estimate of drug-likeness (QED) is 0.668. The first kappa shape index (κ1) is 15.2. The summed E-state index contributed by atoms with van der Waals surface area (Å²) in [5.74, 6) is 0.708. The molecule has 2 rings (SSSR count). The van der Waals surface area contributed by atoms with Crippen molar-refractivity contribution in [1.29, 1.82) is 0 Å². The zero-order chi connectivity index (χ0) is 14.5. The van der Waals surface area contributed by atoms with Gasteiger partial charge in [-0.15, -0.1) is 0 Å². The number of benzene rings is 2. The fourth-order valence-corrected chi connectivity index (χ4v) is 2.94. The zero-order valence-corrected chi connectivity index (χ0v) is 14.3. The summed E-state index contributed by atoms with van der Waals surface area (Å²) in [4.78, 5) is 0. The minimum Gasteiger partial charge on any atom is -0.491 e. The first-order chi connectivity index (χ1) is 9.63. The van der Waals surface area contributed by atoms with Crippen molar-refractivity contribution in [3.8, 4) is 5.75 Å². The number of anilines is 3. The van der Waals surface area contributed by atoms with Crippen LogP contribution < -0.4 is 15.8 Å². The molecule has 0 aromatic heterocycles. The fraction of sp³-hybridized carbons (Fsp3) is 0.200. The van der Waals surface area contributed by atoms with Crippen LogP contribution in [0.4, 0.5) is 17.1 Å². The van der Waals surface area contributed by atoms with E-state index < -0.39 is 0 Å². The molecule has 0 bridgehead atoms. The van der Waals surface area contributed by atoms with Crippen LogP contribution in [0.2, 0.25) is 0 Å². The lowest BCUT2D eigenvalue weighted by Gasteiger charge is -2.15. The summed E-state index contributed by atoms with van der Waals surface area (Å²) in [6, 6.07) is 11.6. The largest absolute Gasteiger partial charge is 0.491 e. The number of rotatable bonds is 5. The number of hydrogen-bond acceptors (Lipinski definition) is 3. The zero-order valence-electron chi connectivity index (χ0n) is 11.1. The monoisotopic (exact) mass is 398 g/mol. The fourth-order valence-electron chi connectivity index (χ4n) is 1.74. The van der Waals surface area contributed by atoms with E-state index in [2.05, 4.69) is 44.1 Å². The molecule has 0 heterocycles. The van der Waals surface area contributed by atoms with Crippen LogP contribution in [0.1, 0.15) is 13.3 Å². The summed E-state index contributed by atoms with van der Waals surface area (Å²) >= 11 is 7.05. The minimum atomic E-state index is 0.614. The molecule has 20 heavy (non-hydrogen) atoms. The number of hydrogen-bond donors (Lipinski definition) is 2. The third-order valence-electron chi connectivity index (χ3n) is 2.75. The molecular weight excluding hydrogens is 384 g/mol. The smallest absolute Gasteiger partial charge is 0.144 e. The van der Waals surface area contributed by atoms with Crippen molar-refractivity contribution < 1.29 is 4.74 Å². The second kappa shape index (κ2) is 6.99. The van der Waals surface area contributed by atoms with E-state index in [0.29, 0.717) is 18.0 Å². The van der Waals surface area contributed by atoms with Gasteiger partial charge in [-0.3, -0.25) is 0 Å². The first-order valence-corrected chi connectivity index (χ1v) is 7.94. The normalized spacial score (nSPS) is 10.3. The third-order valence-corrected chi connectivity index (χ3v) is 4.07. The molecule has 106 valence electrons. The summed E-state index contributed by atoms with van der Waals surface area (Å²) in [7, 11) is 0. The van der Waals surface area contributed by atoms with E-state index in [1.165, 1.54) is 0 Å². The van der Waals surface area contributed by atoms with Crippen molar-refractivity contribution >= 4 is 48.9 Å². The topological polar surface area (TPSA) is 47.3 Å². The van der Waals surface area contributed by atoms with E-state index in [1.807, 2.05) is 36.4 Å². The highest BCUT2D eigenvalue weighted by molar-refractivity contribution is 9.11. The molecule has 0 unspecified atom stereocenters. The van der Waals surface area contributed by atoms with Crippen LogP contribution in [0, 0.1) is 0 Å². The van der Waals surface area contributed by atoms with Crippen molar-refractivity contribution in [2.45, 2.75) is 13.3 Å². The summed E-state index contributed by atoms with van der Waals surface area (Å²) < 4.78 is 7.56. The lowest BCUT2D eigenvalue weighted by atomic mass is 10.2. The molecular formula is C15H16Br2N2O. The maximum Gasteiger partial charge on any atom is 0.144 e. The Bertz CT molecular complexity index is 582. The molecule has 0 saturated carbocycles. The van der Waals surface area contributed by atoms with Crippen LogP contribution >= 0.6 is 31.9 Å².